The lowest BCUT2D eigenvalue weighted by Crippen LogP contribution is -1.99. The number of hydrogen-bond acceptors (Lipinski definition) is 4. The monoisotopic (exact) mass is 315 g/mol. The SMILES string of the molecule is CNc1nc(-c2ccccc2SC)nc2ccc(Cl)cc12. The van der Waals surface area contributed by atoms with Gasteiger partial charge < -0.3 is 5.32 Å². The summed E-state index contributed by atoms with van der Waals surface area (Å²) in [5, 5.41) is 4.73. The summed E-state index contributed by atoms with van der Waals surface area (Å²) in [7, 11) is 1.85. The molecule has 3 nitrogen and oxygen atoms in total. The molecule has 106 valence electrons. The highest BCUT2D eigenvalue weighted by molar-refractivity contribution is 7.98. The molecule has 3 aromatic rings. The molecule has 5 heteroatoms. The molecule has 1 heterocycles. The maximum absolute atomic E-state index is 6.07. The molecular weight excluding hydrogens is 302 g/mol. The molecular formula is C16H14ClN3S. The van der Waals surface area contributed by atoms with E-state index in [0.717, 1.165) is 33.0 Å². The molecule has 0 amide bonds. The van der Waals surface area contributed by atoms with Crippen molar-refractivity contribution in [1.82, 2.24) is 9.97 Å². The van der Waals surface area contributed by atoms with Crippen LogP contribution in [0.5, 0.6) is 0 Å². The van der Waals surface area contributed by atoms with E-state index in [2.05, 4.69) is 27.6 Å². The normalized spacial score (nSPS) is 10.8. The number of aromatic nitrogens is 2. The summed E-state index contributed by atoms with van der Waals surface area (Å²) >= 11 is 7.76. The minimum absolute atomic E-state index is 0.680. The van der Waals surface area contributed by atoms with E-state index in [-0.39, 0.29) is 0 Å². The zero-order chi connectivity index (χ0) is 14.8. The first-order chi connectivity index (χ1) is 10.2. The molecule has 0 aliphatic carbocycles. The van der Waals surface area contributed by atoms with Crippen molar-refractivity contribution >= 4 is 40.1 Å². The average Bonchev–Trinajstić information content (AvgIpc) is 2.53. The Morgan fingerprint density at radius 3 is 2.67 bits per heavy atom. The highest BCUT2D eigenvalue weighted by Gasteiger charge is 2.11. The zero-order valence-corrected chi connectivity index (χ0v) is 13.3. The van der Waals surface area contributed by atoms with Gasteiger partial charge in [0.2, 0.25) is 0 Å². The molecule has 0 fully saturated rings. The second kappa shape index (κ2) is 5.92. The summed E-state index contributed by atoms with van der Waals surface area (Å²) in [6.07, 6.45) is 2.05. The molecule has 0 spiro atoms. The van der Waals surface area contributed by atoms with Crippen molar-refractivity contribution in [1.29, 1.82) is 0 Å². The molecule has 2 aromatic carbocycles. The Morgan fingerprint density at radius 2 is 1.90 bits per heavy atom. The van der Waals surface area contributed by atoms with Crippen molar-refractivity contribution in [2.75, 3.05) is 18.6 Å². The maximum atomic E-state index is 6.07. The van der Waals surface area contributed by atoms with E-state index in [1.807, 2.05) is 43.4 Å². The van der Waals surface area contributed by atoms with Crippen molar-refractivity contribution < 1.29 is 0 Å². The van der Waals surface area contributed by atoms with Crippen LogP contribution in [0.3, 0.4) is 0 Å². The smallest absolute Gasteiger partial charge is 0.163 e. The molecule has 0 aliphatic rings. The molecule has 0 saturated heterocycles. The van der Waals surface area contributed by atoms with Crippen LogP contribution in [0.25, 0.3) is 22.3 Å². The summed E-state index contributed by atoms with van der Waals surface area (Å²) in [6, 6.07) is 13.8. The Morgan fingerprint density at radius 1 is 1.10 bits per heavy atom. The van der Waals surface area contributed by atoms with E-state index in [9.17, 15) is 0 Å². The van der Waals surface area contributed by atoms with Gasteiger partial charge in [-0.25, -0.2) is 9.97 Å². The molecule has 1 N–H and O–H groups in total. The van der Waals surface area contributed by atoms with Gasteiger partial charge >= 0.3 is 0 Å². The Labute approximate surface area is 132 Å². The van der Waals surface area contributed by atoms with Gasteiger partial charge in [-0.2, -0.15) is 0 Å². The van der Waals surface area contributed by atoms with Crippen LogP contribution in [-0.2, 0) is 0 Å². The third-order valence-corrected chi connectivity index (χ3v) is 4.27. The van der Waals surface area contributed by atoms with E-state index < -0.39 is 0 Å². The van der Waals surface area contributed by atoms with Gasteiger partial charge in [0.25, 0.3) is 0 Å². The lowest BCUT2D eigenvalue weighted by Gasteiger charge is -2.10. The number of rotatable bonds is 3. The number of nitrogens with one attached hydrogen (secondary N) is 1. The van der Waals surface area contributed by atoms with E-state index in [1.54, 1.807) is 11.8 Å². The van der Waals surface area contributed by atoms with Gasteiger partial charge in [-0.15, -0.1) is 11.8 Å². The first-order valence-corrected chi connectivity index (χ1v) is 8.11. The van der Waals surface area contributed by atoms with Gasteiger partial charge in [0, 0.05) is 27.9 Å². The third kappa shape index (κ3) is 2.69. The predicted octanol–water partition coefficient (Wildman–Crippen LogP) is 4.71. The van der Waals surface area contributed by atoms with Gasteiger partial charge in [-0.3, -0.25) is 0 Å². The molecule has 0 aliphatic heterocycles. The van der Waals surface area contributed by atoms with Crippen molar-refractivity contribution in [3.63, 3.8) is 0 Å². The van der Waals surface area contributed by atoms with E-state index >= 15 is 0 Å². The van der Waals surface area contributed by atoms with Gasteiger partial charge in [0.05, 0.1) is 5.52 Å². The first-order valence-electron chi connectivity index (χ1n) is 6.51. The molecule has 21 heavy (non-hydrogen) atoms. The Balaban J connectivity index is 2.27. The molecule has 0 saturated carbocycles. The van der Waals surface area contributed by atoms with Gasteiger partial charge in [-0.1, -0.05) is 29.8 Å². The van der Waals surface area contributed by atoms with Gasteiger partial charge in [-0.05, 0) is 30.5 Å². The van der Waals surface area contributed by atoms with Gasteiger partial charge in [0.1, 0.15) is 5.82 Å². The minimum Gasteiger partial charge on any atom is -0.373 e. The number of anilines is 1. The summed E-state index contributed by atoms with van der Waals surface area (Å²) in [6.45, 7) is 0. The van der Waals surface area contributed by atoms with E-state index in [0.29, 0.717) is 5.02 Å². The lowest BCUT2D eigenvalue weighted by atomic mass is 10.2. The van der Waals surface area contributed by atoms with Crippen LogP contribution in [0.2, 0.25) is 5.02 Å². The van der Waals surface area contributed by atoms with E-state index in [4.69, 9.17) is 11.6 Å². The summed E-state index contributed by atoms with van der Waals surface area (Å²) in [5.41, 5.74) is 1.92. The fourth-order valence-electron chi connectivity index (χ4n) is 2.24. The first kappa shape index (κ1) is 14.2. The van der Waals surface area contributed by atoms with Crippen LogP contribution < -0.4 is 5.32 Å². The molecule has 0 radical (unpaired) electrons. The van der Waals surface area contributed by atoms with Crippen LogP contribution in [0.4, 0.5) is 5.82 Å². The molecule has 0 bridgehead atoms. The Hall–Kier alpha value is -1.78. The maximum Gasteiger partial charge on any atom is 0.163 e. The van der Waals surface area contributed by atoms with Crippen LogP contribution >= 0.6 is 23.4 Å². The fourth-order valence-corrected chi connectivity index (χ4v) is 3.01. The lowest BCUT2D eigenvalue weighted by molar-refractivity contribution is 1.19. The van der Waals surface area contributed by atoms with Crippen LogP contribution in [0, 0.1) is 0 Å². The molecule has 1 aromatic heterocycles. The summed E-state index contributed by atoms with van der Waals surface area (Å²) < 4.78 is 0. The van der Waals surface area contributed by atoms with Gasteiger partial charge in [0.15, 0.2) is 5.82 Å². The standard InChI is InChI=1S/C16H14ClN3S/c1-18-15-12-9-10(17)7-8-13(12)19-16(20-15)11-5-3-4-6-14(11)21-2/h3-9H,1-2H3,(H,18,19,20). The highest BCUT2D eigenvalue weighted by atomic mass is 35.5. The number of nitrogens with zero attached hydrogens (tertiary/aromatic N) is 2. The minimum atomic E-state index is 0.680. The molecule has 3 rings (SSSR count). The van der Waals surface area contributed by atoms with Crippen molar-refractivity contribution in [3.8, 4) is 11.4 Å². The summed E-state index contributed by atoms with van der Waals surface area (Å²) in [5.74, 6) is 1.51. The number of halogens is 1. The van der Waals surface area contributed by atoms with E-state index in [1.165, 1.54) is 0 Å². The van der Waals surface area contributed by atoms with Crippen LogP contribution in [-0.4, -0.2) is 23.3 Å². The highest BCUT2D eigenvalue weighted by Crippen LogP contribution is 2.31. The number of benzene rings is 2. The largest absolute Gasteiger partial charge is 0.373 e. The van der Waals surface area contributed by atoms with Crippen molar-refractivity contribution in [2.24, 2.45) is 0 Å². The number of fused-ring (bicyclic) bond motifs is 1. The van der Waals surface area contributed by atoms with Crippen molar-refractivity contribution in [3.05, 3.63) is 47.5 Å². The fraction of sp³-hybridized carbons (Fsp3) is 0.125. The van der Waals surface area contributed by atoms with Crippen LogP contribution in [0.1, 0.15) is 0 Å². The molecule has 0 atom stereocenters. The third-order valence-electron chi connectivity index (χ3n) is 3.24. The topological polar surface area (TPSA) is 37.8 Å². The Kier molecular flexibility index (Phi) is 3.99. The van der Waals surface area contributed by atoms with Crippen molar-refractivity contribution in [2.45, 2.75) is 4.90 Å². The number of thioether (sulfide) groups is 1. The average molecular weight is 316 g/mol. The predicted molar refractivity (Wildman–Crippen MR) is 91.3 cm³/mol. The van der Waals surface area contributed by atoms with Crippen LogP contribution in [0.15, 0.2) is 47.4 Å². The quantitative estimate of drug-likeness (QED) is 0.710. The second-order valence-corrected chi connectivity index (χ2v) is 5.79. The molecule has 0 unspecified atom stereocenters. The Bertz CT molecular complexity index is 805. The number of hydrogen-bond donors (Lipinski definition) is 1. The summed E-state index contributed by atoms with van der Waals surface area (Å²) in [4.78, 5) is 10.5. The second-order valence-electron chi connectivity index (χ2n) is 4.51. The zero-order valence-electron chi connectivity index (χ0n) is 11.7.